The van der Waals surface area contributed by atoms with E-state index in [1.807, 2.05) is 44.2 Å². The number of halogens is 1. The summed E-state index contributed by atoms with van der Waals surface area (Å²) in [4.78, 5) is 4.22. The monoisotopic (exact) mass is 283 g/mol. The number of ether oxygens (including phenoxy) is 1. The van der Waals surface area contributed by atoms with E-state index in [1.165, 1.54) is 0 Å². The molecule has 2 N–H and O–H groups in total. The second-order valence-electron chi connectivity index (χ2n) is 4.42. The van der Waals surface area contributed by atoms with Crippen LogP contribution in [-0.2, 0) is 6.61 Å². The van der Waals surface area contributed by atoms with Crippen molar-refractivity contribution in [2.24, 2.45) is 11.7 Å². The molecule has 1 atom stereocenters. The highest BCUT2D eigenvalue weighted by molar-refractivity contribution is 5.85. The van der Waals surface area contributed by atoms with E-state index in [-0.39, 0.29) is 31.0 Å². The smallest absolute Gasteiger partial charge is 0.243 e. The van der Waals surface area contributed by atoms with Crippen LogP contribution in [0.5, 0.6) is 5.75 Å². The van der Waals surface area contributed by atoms with Gasteiger partial charge in [-0.3, -0.25) is 0 Å². The summed E-state index contributed by atoms with van der Waals surface area (Å²) in [6, 6.07) is 9.27. The molecule has 0 unspecified atom stereocenters. The Bertz CT molecular complexity index is 488. The van der Waals surface area contributed by atoms with Gasteiger partial charge in [0.2, 0.25) is 11.7 Å². The summed E-state index contributed by atoms with van der Waals surface area (Å²) < 4.78 is 10.6. The molecule has 19 heavy (non-hydrogen) atoms. The molecule has 0 amide bonds. The first-order valence-corrected chi connectivity index (χ1v) is 5.92. The Morgan fingerprint density at radius 2 is 1.95 bits per heavy atom. The van der Waals surface area contributed by atoms with Gasteiger partial charge in [-0.2, -0.15) is 4.98 Å². The zero-order valence-corrected chi connectivity index (χ0v) is 11.8. The van der Waals surface area contributed by atoms with Crippen molar-refractivity contribution in [3.63, 3.8) is 0 Å². The van der Waals surface area contributed by atoms with Gasteiger partial charge < -0.3 is 15.0 Å². The minimum atomic E-state index is -0.233. The molecule has 104 valence electrons. The first kappa shape index (κ1) is 15.5. The summed E-state index contributed by atoms with van der Waals surface area (Å²) in [6.07, 6.45) is 0. The van der Waals surface area contributed by atoms with Crippen molar-refractivity contribution in [3.8, 4) is 5.75 Å². The number of nitrogens with zero attached hydrogens (tertiary/aromatic N) is 2. The maximum Gasteiger partial charge on any atom is 0.243 e. The molecule has 1 heterocycles. The molecule has 2 rings (SSSR count). The van der Waals surface area contributed by atoms with Crippen molar-refractivity contribution in [2.45, 2.75) is 26.5 Å². The van der Waals surface area contributed by atoms with Crippen molar-refractivity contribution in [2.75, 3.05) is 0 Å². The van der Waals surface area contributed by atoms with Crippen molar-refractivity contribution in [3.05, 3.63) is 42.0 Å². The third-order valence-electron chi connectivity index (χ3n) is 2.60. The number of para-hydroxylation sites is 1. The first-order valence-electron chi connectivity index (χ1n) is 5.92. The van der Waals surface area contributed by atoms with Crippen molar-refractivity contribution in [1.82, 2.24) is 10.1 Å². The molecule has 0 aliphatic carbocycles. The van der Waals surface area contributed by atoms with Crippen LogP contribution in [0.4, 0.5) is 0 Å². The topological polar surface area (TPSA) is 74.2 Å². The fraction of sp³-hybridized carbons (Fsp3) is 0.385. The van der Waals surface area contributed by atoms with Crippen LogP contribution >= 0.6 is 12.4 Å². The number of hydrogen-bond donors (Lipinski definition) is 1. The first-order chi connectivity index (χ1) is 8.66. The number of hydrogen-bond acceptors (Lipinski definition) is 5. The molecular formula is C13H18ClN3O2. The lowest BCUT2D eigenvalue weighted by Crippen LogP contribution is -2.17. The Hall–Kier alpha value is -1.59. The third-order valence-corrected chi connectivity index (χ3v) is 2.60. The van der Waals surface area contributed by atoms with Crippen LogP contribution in [0.25, 0.3) is 0 Å². The molecule has 2 aromatic rings. The van der Waals surface area contributed by atoms with Gasteiger partial charge in [0.25, 0.3) is 0 Å². The standard InChI is InChI=1S/C13H17N3O2.ClH/c1-9(2)12(14)13-15-11(16-18-13)8-17-10-6-4-3-5-7-10;/h3-7,9,12H,8,14H2,1-2H3;1H/t12-;/m1./s1. The molecule has 6 heteroatoms. The molecule has 1 aromatic heterocycles. The fourth-order valence-electron chi connectivity index (χ4n) is 1.41. The molecule has 0 spiro atoms. The van der Waals surface area contributed by atoms with Gasteiger partial charge in [-0.05, 0) is 18.1 Å². The van der Waals surface area contributed by atoms with Gasteiger partial charge in [0.15, 0.2) is 6.61 Å². The summed E-state index contributed by atoms with van der Waals surface area (Å²) in [6.45, 7) is 4.29. The van der Waals surface area contributed by atoms with E-state index in [2.05, 4.69) is 10.1 Å². The molecule has 0 radical (unpaired) electrons. The second kappa shape index (κ2) is 7.11. The predicted molar refractivity (Wildman–Crippen MR) is 74.1 cm³/mol. The van der Waals surface area contributed by atoms with Crippen LogP contribution in [0.1, 0.15) is 31.6 Å². The molecule has 0 saturated carbocycles. The highest BCUT2D eigenvalue weighted by atomic mass is 35.5. The van der Waals surface area contributed by atoms with Gasteiger partial charge >= 0.3 is 0 Å². The average molecular weight is 284 g/mol. The second-order valence-corrected chi connectivity index (χ2v) is 4.42. The van der Waals surface area contributed by atoms with E-state index < -0.39 is 0 Å². The van der Waals surface area contributed by atoms with Crippen LogP contribution in [0.3, 0.4) is 0 Å². The van der Waals surface area contributed by atoms with E-state index in [0.717, 1.165) is 5.75 Å². The number of rotatable bonds is 5. The summed E-state index contributed by atoms with van der Waals surface area (Å²) in [5.74, 6) is 1.99. The quantitative estimate of drug-likeness (QED) is 0.913. The van der Waals surface area contributed by atoms with Crippen LogP contribution in [-0.4, -0.2) is 10.1 Å². The highest BCUT2D eigenvalue weighted by Gasteiger charge is 2.18. The van der Waals surface area contributed by atoms with Gasteiger partial charge in [-0.15, -0.1) is 12.4 Å². The van der Waals surface area contributed by atoms with Gasteiger partial charge in [0.05, 0.1) is 6.04 Å². The van der Waals surface area contributed by atoms with Crippen LogP contribution in [0.2, 0.25) is 0 Å². The predicted octanol–water partition coefficient (Wildman–Crippen LogP) is 2.73. The molecule has 0 aliphatic heterocycles. The SMILES string of the molecule is CC(C)[C@@H](N)c1nc(COc2ccccc2)no1.Cl. The molecule has 0 bridgehead atoms. The zero-order valence-electron chi connectivity index (χ0n) is 10.9. The summed E-state index contributed by atoms with van der Waals surface area (Å²) in [5.41, 5.74) is 5.92. The number of nitrogens with two attached hydrogens (primary N) is 1. The van der Waals surface area contributed by atoms with E-state index in [4.69, 9.17) is 15.0 Å². The Morgan fingerprint density at radius 1 is 1.26 bits per heavy atom. The maximum atomic E-state index is 5.92. The molecule has 0 saturated heterocycles. The minimum absolute atomic E-state index is 0. The largest absolute Gasteiger partial charge is 0.485 e. The number of benzene rings is 1. The molecule has 1 aromatic carbocycles. The van der Waals surface area contributed by atoms with Crippen LogP contribution in [0.15, 0.2) is 34.9 Å². The van der Waals surface area contributed by atoms with Gasteiger partial charge in [-0.1, -0.05) is 37.2 Å². The van der Waals surface area contributed by atoms with Gasteiger partial charge in [0.1, 0.15) is 5.75 Å². The maximum absolute atomic E-state index is 5.92. The summed E-state index contributed by atoms with van der Waals surface area (Å²) in [7, 11) is 0. The highest BCUT2D eigenvalue weighted by Crippen LogP contribution is 2.17. The molecule has 0 aliphatic rings. The summed E-state index contributed by atoms with van der Waals surface area (Å²) >= 11 is 0. The fourth-order valence-corrected chi connectivity index (χ4v) is 1.41. The van der Waals surface area contributed by atoms with E-state index >= 15 is 0 Å². The molecule has 0 fully saturated rings. The van der Waals surface area contributed by atoms with Crippen molar-refractivity contribution < 1.29 is 9.26 Å². The third kappa shape index (κ3) is 4.22. The average Bonchev–Trinajstić information content (AvgIpc) is 2.85. The van der Waals surface area contributed by atoms with Gasteiger partial charge in [-0.25, -0.2) is 0 Å². The Morgan fingerprint density at radius 3 is 2.58 bits per heavy atom. The minimum Gasteiger partial charge on any atom is -0.485 e. The molecular weight excluding hydrogens is 266 g/mol. The Balaban J connectivity index is 0.00000180. The van der Waals surface area contributed by atoms with E-state index in [0.29, 0.717) is 11.7 Å². The normalized spacial score (nSPS) is 12.0. The molecule has 5 nitrogen and oxygen atoms in total. The van der Waals surface area contributed by atoms with Gasteiger partial charge in [0, 0.05) is 0 Å². The van der Waals surface area contributed by atoms with Crippen LogP contribution in [0, 0.1) is 5.92 Å². The zero-order chi connectivity index (χ0) is 13.0. The van der Waals surface area contributed by atoms with Crippen LogP contribution < -0.4 is 10.5 Å². The Labute approximate surface area is 118 Å². The summed E-state index contributed by atoms with van der Waals surface area (Å²) in [5, 5.41) is 3.84. The van der Waals surface area contributed by atoms with E-state index in [9.17, 15) is 0 Å². The van der Waals surface area contributed by atoms with Crippen molar-refractivity contribution >= 4 is 12.4 Å². The lowest BCUT2D eigenvalue weighted by molar-refractivity contribution is 0.281. The number of aromatic nitrogens is 2. The van der Waals surface area contributed by atoms with Crippen molar-refractivity contribution in [1.29, 1.82) is 0 Å². The Kier molecular flexibility index (Phi) is 5.79. The lowest BCUT2D eigenvalue weighted by atomic mass is 10.1. The lowest BCUT2D eigenvalue weighted by Gasteiger charge is -2.09. The van der Waals surface area contributed by atoms with E-state index in [1.54, 1.807) is 0 Å².